The van der Waals surface area contributed by atoms with Crippen molar-refractivity contribution in [1.82, 2.24) is 4.90 Å². The first-order valence-electron chi connectivity index (χ1n) is 7.47. The molecule has 0 saturated carbocycles. The maximum atomic E-state index is 12.7. The molecule has 1 aliphatic heterocycles. The first-order chi connectivity index (χ1) is 12.1. The minimum Gasteiger partial charge on any atom is -0.496 e. The van der Waals surface area contributed by atoms with Crippen LogP contribution in [0.5, 0.6) is 5.75 Å². The monoisotopic (exact) mass is 390 g/mol. The lowest BCUT2D eigenvalue weighted by molar-refractivity contribution is -0.121. The molecule has 3 rings (SSSR count). The molecule has 1 aliphatic rings. The van der Waals surface area contributed by atoms with Gasteiger partial charge < -0.3 is 10.1 Å². The SMILES string of the molecule is COc1ccccc1C=C1SC(=S)N(CNc2ccccc2Cl)C1=O. The highest BCUT2D eigenvalue weighted by atomic mass is 35.5. The van der Waals surface area contributed by atoms with Crippen molar-refractivity contribution >= 4 is 57.6 Å². The molecule has 25 heavy (non-hydrogen) atoms. The molecule has 0 spiro atoms. The number of hydrogen-bond acceptors (Lipinski definition) is 5. The molecule has 0 radical (unpaired) electrons. The third-order valence-electron chi connectivity index (χ3n) is 3.60. The minimum atomic E-state index is -0.138. The van der Waals surface area contributed by atoms with Crippen molar-refractivity contribution in [1.29, 1.82) is 0 Å². The molecule has 1 fully saturated rings. The van der Waals surface area contributed by atoms with E-state index in [1.54, 1.807) is 19.3 Å². The lowest BCUT2D eigenvalue weighted by Gasteiger charge is -2.16. The van der Waals surface area contributed by atoms with Crippen LogP contribution in [0.15, 0.2) is 53.4 Å². The zero-order valence-corrected chi connectivity index (χ0v) is 15.8. The molecule has 1 N–H and O–H groups in total. The fourth-order valence-electron chi connectivity index (χ4n) is 2.33. The number of nitrogens with zero attached hydrogens (tertiary/aromatic N) is 1. The van der Waals surface area contributed by atoms with Crippen LogP contribution < -0.4 is 10.1 Å². The van der Waals surface area contributed by atoms with Crippen LogP contribution in [0, 0.1) is 0 Å². The van der Waals surface area contributed by atoms with Crippen LogP contribution in [0.4, 0.5) is 5.69 Å². The Labute approximate surface area is 160 Å². The first-order valence-corrected chi connectivity index (χ1v) is 9.07. The summed E-state index contributed by atoms with van der Waals surface area (Å²) in [5.74, 6) is 0.572. The molecule has 0 atom stereocenters. The van der Waals surface area contributed by atoms with Gasteiger partial charge in [-0.25, -0.2) is 0 Å². The largest absolute Gasteiger partial charge is 0.496 e. The highest BCUT2D eigenvalue weighted by Gasteiger charge is 2.32. The lowest BCUT2D eigenvalue weighted by atomic mass is 10.2. The zero-order chi connectivity index (χ0) is 17.8. The van der Waals surface area contributed by atoms with Gasteiger partial charge in [0, 0.05) is 5.56 Å². The second-order valence-corrected chi connectivity index (χ2v) is 7.25. The maximum absolute atomic E-state index is 12.7. The zero-order valence-electron chi connectivity index (χ0n) is 13.4. The smallest absolute Gasteiger partial charge is 0.267 e. The van der Waals surface area contributed by atoms with Crippen LogP contribution >= 0.6 is 35.6 Å². The van der Waals surface area contributed by atoms with E-state index in [2.05, 4.69) is 5.32 Å². The van der Waals surface area contributed by atoms with E-state index in [1.807, 2.05) is 42.5 Å². The molecule has 7 heteroatoms. The number of thiocarbonyl (C=S) groups is 1. The van der Waals surface area contributed by atoms with Crippen LogP contribution in [0.25, 0.3) is 6.08 Å². The average Bonchev–Trinajstić information content (AvgIpc) is 2.88. The van der Waals surface area contributed by atoms with Crippen LogP contribution in [0.1, 0.15) is 5.56 Å². The van der Waals surface area contributed by atoms with E-state index < -0.39 is 0 Å². The van der Waals surface area contributed by atoms with E-state index in [4.69, 9.17) is 28.6 Å². The Kier molecular flexibility index (Phi) is 5.63. The van der Waals surface area contributed by atoms with Crippen molar-refractivity contribution in [2.75, 3.05) is 19.1 Å². The number of hydrogen-bond donors (Lipinski definition) is 1. The van der Waals surface area contributed by atoms with Crippen molar-refractivity contribution in [3.05, 3.63) is 64.0 Å². The van der Waals surface area contributed by atoms with Crippen LogP contribution in [-0.4, -0.2) is 28.9 Å². The second-order valence-electron chi connectivity index (χ2n) is 5.17. The summed E-state index contributed by atoms with van der Waals surface area (Å²) in [6.45, 7) is 0.262. The molecule has 1 saturated heterocycles. The lowest BCUT2D eigenvalue weighted by Crippen LogP contribution is -2.33. The summed E-state index contributed by atoms with van der Waals surface area (Å²) < 4.78 is 5.83. The number of methoxy groups -OCH3 is 1. The molecule has 0 bridgehead atoms. The summed E-state index contributed by atoms with van der Waals surface area (Å²) in [7, 11) is 1.60. The summed E-state index contributed by atoms with van der Waals surface area (Å²) in [6, 6.07) is 14.9. The van der Waals surface area contributed by atoms with Gasteiger partial charge in [0.1, 0.15) is 10.1 Å². The topological polar surface area (TPSA) is 41.6 Å². The van der Waals surface area contributed by atoms with Gasteiger partial charge in [0.2, 0.25) is 0 Å². The van der Waals surface area contributed by atoms with Gasteiger partial charge in [-0.2, -0.15) is 0 Å². The standard InChI is InChI=1S/C18H15ClN2O2S2/c1-23-15-9-5-2-6-12(15)10-16-17(22)21(18(24)25-16)11-20-14-8-4-3-7-13(14)19/h2-10,20H,11H2,1H3. The Morgan fingerprint density at radius 2 is 1.96 bits per heavy atom. The van der Waals surface area contributed by atoms with Gasteiger partial charge in [0.15, 0.2) is 0 Å². The molecule has 1 heterocycles. The number of ether oxygens (including phenoxy) is 1. The Morgan fingerprint density at radius 1 is 1.24 bits per heavy atom. The Balaban J connectivity index is 1.76. The molecule has 128 valence electrons. The summed E-state index contributed by atoms with van der Waals surface area (Å²) >= 11 is 12.7. The summed E-state index contributed by atoms with van der Waals surface area (Å²) in [6.07, 6.45) is 1.80. The van der Waals surface area contributed by atoms with E-state index in [9.17, 15) is 4.79 Å². The van der Waals surface area contributed by atoms with Crippen molar-refractivity contribution in [3.8, 4) is 5.75 Å². The Morgan fingerprint density at radius 3 is 2.72 bits per heavy atom. The van der Waals surface area contributed by atoms with Crippen LogP contribution in [0.2, 0.25) is 5.02 Å². The summed E-state index contributed by atoms with van der Waals surface area (Å²) in [5, 5.41) is 3.74. The van der Waals surface area contributed by atoms with Crippen molar-refractivity contribution in [3.63, 3.8) is 0 Å². The average molecular weight is 391 g/mol. The maximum Gasteiger partial charge on any atom is 0.267 e. The fourth-order valence-corrected chi connectivity index (χ4v) is 3.78. The van der Waals surface area contributed by atoms with E-state index in [0.29, 0.717) is 20.0 Å². The fraction of sp³-hybridized carbons (Fsp3) is 0.111. The number of para-hydroxylation sites is 2. The van der Waals surface area contributed by atoms with E-state index in [0.717, 1.165) is 11.3 Å². The highest BCUT2D eigenvalue weighted by Crippen LogP contribution is 2.34. The number of halogens is 1. The van der Waals surface area contributed by atoms with Crippen molar-refractivity contribution < 1.29 is 9.53 Å². The predicted molar refractivity (Wildman–Crippen MR) is 108 cm³/mol. The van der Waals surface area contributed by atoms with Crippen molar-refractivity contribution in [2.45, 2.75) is 0 Å². The molecule has 0 aliphatic carbocycles. The van der Waals surface area contributed by atoms with Gasteiger partial charge in [0.05, 0.1) is 29.4 Å². The number of carbonyl (C=O) groups is 1. The summed E-state index contributed by atoms with van der Waals surface area (Å²) in [5.41, 5.74) is 1.59. The van der Waals surface area contributed by atoms with Gasteiger partial charge in [0.25, 0.3) is 5.91 Å². The van der Waals surface area contributed by atoms with Gasteiger partial charge in [-0.15, -0.1) is 0 Å². The van der Waals surface area contributed by atoms with E-state index in [1.165, 1.54) is 16.7 Å². The molecule has 2 aromatic carbocycles. The highest BCUT2D eigenvalue weighted by molar-refractivity contribution is 8.26. The number of rotatable bonds is 5. The second kappa shape index (κ2) is 7.91. The Bertz CT molecular complexity index is 854. The van der Waals surface area contributed by atoms with Gasteiger partial charge in [-0.3, -0.25) is 9.69 Å². The number of carbonyl (C=O) groups excluding carboxylic acids is 1. The van der Waals surface area contributed by atoms with Crippen molar-refractivity contribution in [2.24, 2.45) is 0 Å². The number of amides is 1. The minimum absolute atomic E-state index is 0.138. The molecule has 2 aromatic rings. The van der Waals surface area contributed by atoms with Gasteiger partial charge >= 0.3 is 0 Å². The predicted octanol–water partition coefficient (Wildman–Crippen LogP) is 4.62. The van der Waals surface area contributed by atoms with Crippen LogP contribution in [-0.2, 0) is 4.79 Å². The molecule has 0 aromatic heterocycles. The quantitative estimate of drug-likeness (QED) is 0.596. The van der Waals surface area contributed by atoms with Gasteiger partial charge in [-0.05, 0) is 24.3 Å². The first kappa shape index (κ1) is 17.8. The number of thioether (sulfide) groups is 1. The number of benzene rings is 2. The third-order valence-corrected chi connectivity index (χ3v) is 5.31. The molecular weight excluding hydrogens is 376 g/mol. The molecule has 4 nitrogen and oxygen atoms in total. The number of nitrogens with one attached hydrogen (secondary N) is 1. The Hall–Kier alpha value is -2.02. The number of anilines is 1. The van der Waals surface area contributed by atoms with Crippen LogP contribution in [0.3, 0.4) is 0 Å². The molecule has 1 amide bonds. The molecule has 0 unspecified atom stereocenters. The van der Waals surface area contributed by atoms with E-state index >= 15 is 0 Å². The van der Waals surface area contributed by atoms with Gasteiger partial charge in [-0.1, -0.05) is 65.9 Å². The third kappa shape index (κ3) is 3.98. The normalized spacial score (nSPS) is 15.8. The molecular formula is C18H15ClN2O2S2. The van der Waals surface area contributed by atoms with E-state index in [-0.39, 0.29) is 12.6 Å². The summed E-state index contributed by atoms with van der Waals surface area (Å²) in [4.78, 5) is 14.7.